The Balaban J connectivity index is 1.34. The van der Waals surface area contributed by atoms with Crippen molar-refractivity contribution in [2.24, 2.45) is 11.8 Å². The monoisotopic (exact) mass is 464 g/mol. The number of likely N-dealkylation sites (tertiary alicyclic amines) is 1. The highest BCUT2D eigenvalue weighted by Gasteiger charge is 2.54. The SMILES string of the molecule is O=C1NC2(CO1)CC(C(=O)N1CCC(C(Oc3ccc(F)cc3Cl)C(F)(F)F)CC1)C2. The van der Waals surface area contributed by atoms with E-state index in [1.165, 1.54) is 0 Å². The van der Waals surface area contributed by atoms with Crippen LogP contribution in [0.25, 0.3) is 0 Å². The number of hydrogen-bond donors (Lipinski definition) is 1. The Morgan fingerprint density at radius 3 is 2.52 bits per heavy atom. The van der Waals surface area contributed by atoms with Crippen molar-refractivity contribution in [3.63, 3.8) is 0 Å². The lowest BCUT2D eigenvalue weighted by Crippen LogP contribution is -2.59. The fourth-order valence-electron chi connectivity index (χ4n) is 4.59. The van der Waals surface area contributed by atoms with E-state index in [2.05, 4.69) is 5.32 Å². The Labute approximate surface area is 180 Å². The second kappa shape index (κ2) is 8.03. The van der Waals surface area contributed by atoms with Crippen molar-refractivity contribution < 1.29 is 36.6 Å². The van der Waals surface area contributed by atoms with E-state index in [9.17, 15) is 27.2 Å². The van der Waals surface area contributed by atoms with E-state index in [-0.39, 0.29) is 55.1 Å². The standard InChI is InChI=1S/C20H21ClF4N2O4/c21-14-7-13(22)1-2-15(14)31-16(20(23,24)25)11-3-5-27(6-4-11)17(28)12-8-19(9-12)10-30-18(29)26-19/h1-2,7,11-12,16H,3-6,8-10H2,(H,26,29). The summed E-state index contributed by atoms with van der Waals surface area (Å²) in [5.41, 5.74) is -0.487. The smallest absolute Gasteiger partial charge is 0.425 e. The molecule has 3 aliphatic rings. The van der Waals surface area contributed by atoms with Gasteiger partial charge in [-0.05, 0) is 43.9 Å². The quantitative estimate of drug-likeness (QED) is 0.686. The molecule has 1 aromatic carbocycles. The Bertz CT molecular complexity index is 867. The van der Waals surface area contributed by atoms with Crippen LogP contribution in [-0.2, 0) is 9.53 Å². The summed E-state index contributed by atoms with van der Waals surface area (Å²) < 4.78 is 64.3. The number of alkyl carbamates (subject to hydrolysis) is 1. The molecule has 2 amide bonds. The maximum absolute atomic E-state index is 13.7. The molecule has 4 rings (SSSR count). The molecule has 1 atom stereocenters. The minimum Gasteiger partial charge on any atom is -0.479 e. The number of piperidine rings is 1. The number of nitrogens with one attached hydrogen (secondary N) is 1. The molecule has 11 heteroatoms. The van der Waals surface area contributed by atoms with Crippen LogP contribution in [0.5, 0.6) is 5.75 Å². The minimum absolute atomic E-state index is 0.115. The summed E-state index contributed by atoms with van der Waals surface area (Å²) in [5.74, 6) is -2.15. The summed E-state index contributed by atoms with van der Waals surface area (Å²) in [7, 11) is 0. The molecule has 1 N–H and O–H groups in total. The summed E-state index contributed by atoms with van der Waals surface area (Å²) in [4.78, 5) is 25.5. The van der Waals surface area contributed by atoms with Gasteiger partial charge in [0, 0.05) is 24.9 Å². The van der Waals surface area contributed by atoms with Crippen molar-refractivity contribution >= 4 is 23.6 Å². The highest BCUT2D eigenvalue weighted by atomic mass is 35.5. The number of hydrogen-bond acceptors (Lipinski definition) is 4. The predicted octanol–water partition coefficient (Wildman–Crippen LogP) is 3.92. The van der Waals surface area contributed by atoms with Crippen LogP contribution < -0.4 is 10.1 Å². The van der Waals surface area contributed by atoms with Gasteiger partial charge in [-0.1, -0.05) is 11.6 Å². The van der Waals surface area contributed by atoms with Gasteiger partial charge >= 0.3 is 12.3 Å². The molecule has 0 bridgehead atoms. The van der Waals surface area contributed by atoms with E-state index in [1.807, 2.05) is 0 Å². The average molecular weight is 465 g/mol. The lowest BCUT2D eigenvalue weighted by Gasteiger charge is -2.45. The van der Waals surface area contributed by atoms with Crippen LogP contribution in [0.3, 0.4) is 0 Å². The molecule has 0 aromatic heterocycles. The van der Waals surface area contributed by atoms with Gasteiger partial charge in [0.15, 0.2) is 6.10 Å². The molecule has 0 radical (unpaired) electrons. The number of amides is 2. The number of rotatable bonds is 4. The van der Waals surface area contributed by atoms with E-state index >= 15 is 0 Å². The molecular formula is C20H21ClF4N2O4. The molecule has 2 saturated heterocycles. The lowest BCUT2D eigenvalue weighted by atomic mass is 9.68. The fraction of sp³-hybridized carbons (Fsp3) is 0.600. The van der Waals surface area contributed by atoms with Crippen molar-refractivity contribution in [1.82, 2.24) is 10.2 Å². The van der Waals surface area contributed by atoms with Crippen LogP contribution in [0, 0.1) is 17.7 Å². The number of carbonyl (C=O) groups excluding carboxylic acids is 2. The number of benzene rings is 1. The minimum atomic E-state index is -4.64. The van der Waals surface area contributed by atoms with Crippen molar-refractivity contribution in [3.8, 4) is 5.75 Å². The van der Waals surface area contributed by atoms with Gasteiger partial charge in [0.25, 0.3) is 0 Å². The number of alkyl halides is 3. The van der Waals surface area contributed by atoms with E-state index in [1.54, 1.807) is 4.90 Å². The summed E-state index contributed by atoms with van der Waals surface area (Å²) >= 11 is 5.82. The van der Waals surface area contributed by atoms with E-state index in [0.29, 0.717) is 12.8 Å². The van der Waals surface area contributed by atoms with Crippen molar-refractivity contribution in [2.45, 2.75) is 43.5 Å². The maximum atomic E-state index is 13.7. The number of nitrogens with zero attached hydrogens (tertiary/aromatic N) is 1. The largest absolute Gasteiger partial charge is 0.479 e. The molecule has 1 spiro atoms. The number of halogens is 5. The summed E-state index contributed by atoms with van der Waals surface area (Å²) in [6, 6.07) is 2.96. The first-order valence-corrected chi connectivity index (χ1v) is 10.4. The second-order valence-electron chi connectivity index (χ2n) is 8.40. The molecule has 1 aromatic rings. The zero-order valence-corrected chi connectivity index (χ0v) is 17.1. The van der Waals surface area contributed by atoms with E-state index in [4.69, 9.17) is 21.1 Å². The molecule has 2 aliphatic heterocycles. The molecule has 1 saturated carbocycles. The summed E-state index contributed by atoms with van der Waals surface area (Å²) in [6.07, 6.45) is -6.07. The van der Waals surface area contributed by atoms with Gasteiger partial charge in [0.05, 0.1) is 10.6 Å². The van der Waals surface area contributed by atoms with Crippen LogP contribution in [0.15, 0.2) is 18.2 Å². The third kappa shape index (κ3) is 4.53. The Morgan fingerprint density at radius 1 is 1.29 bits per heavy atom. The topological polar surface area (TPSA) is 67.9 Å². The van der Waals surface area contributed by atoms with Gasteiger partial charge in [0.2, 0.25) is 5.91 Å². The zero-order chi connectivity index (χ0) is 22.4. The van der Waals surface area contributed by atoms with Crippen LogP contribution in [0.4, 0.5) is 22.4 Å². The fourth-order valence-corrected chi connectivity index (χ4v) is 4.80. The molecule has 31 heavy (non-hydrogen) atoms. The van der Waals surface area contributed by atoms with Gasteiger partial charge in [0.1, 0.15) is 18.2 Å². The van der Waals surface area contributed by atoms with Crippen LogP contribution in [0.2, 0.25) is 5.02 Å². The first kappa shape index (κ1) is 22.0. The van der Waals surface area contributed by atoms with Crippen molar-refractivity contribution in [1.29, 1.82) is 0 Å². The summed E-state index contributed by atoms with van der Waals surface area (Å²) in [6.45, 7) is 0.597. The second-order valence-corrected chi connectivity index (χ2v) is 8.81. The first-order valence-electron chi connectivity index (χ1n) is 9.98. The molecule has 3 fully saturated rings. The highest BCUT2D eigenvalue weighted by Crippen LogP contribution is 2.42. The number of cyclic esters (lactones) is 1. The Kier molecular flexibility index (Phi) is 5.70. The maximum Gasteiger partial charge on any atom is 0.425 e. The third-order valence-electron chi connectivity index (χ3n) is 6.22. The third-order valence-corrected chi connectivity index (χ3v) is 6.52. The van der Waals surface area contributed by atoms with Crippen molar-refractivity contribution in [3.05, 3.63) is 29.0 Å². The van der Waals surface area contributed by atoms with E-state index < -0.39 is 35.6 Å². The summed E-state index contributed by atoms with van der Waals surface area (Å²) in [5, 5.41) is 2.48. The average Bonchev–Trinajstić information content (AvgIpc) is 3.07. The van der Waals surface area contributed by atoms with Crippen LogP contribution >= 0.6 is 11.6 Å². The lowest BCUT2D eigenvalue weighted by molar-refractivity contribution is -0.214. The molecule has 170 valence electrons. The van der Waals surface area contributed by atoms with Gasteiger partial charge in [-0.2, -0.15) is 13.2 Å². The van der Waals surface area contributed by atoms with Gasteiger partial charge in [-0.3, -0.25) is 4.79 Å². The molecule has 2 heterocycles. The van der Waals surface area contributed by atoms with Gasteiger partial charge < -0.3 is 19.7 Å². The van der Waals surface area contributed by atoms with Gasteiger partial charge in [-0.25, -0.2) is 9.18 Å². The zero-order valence-electron chi connectivity index (χ0n) is 16.4. The Morgan fingerprint density at radius 2 is 1.97 bits per heavy atom. The van der Waals surface area contributed by atoms with Crippen LogP contribution in [0.1, 0.15) is 25.7 Å². The molecule has 1 unspecified atom stereocenters. The number of carbonyl (C=O) groups is 2. The van der Waals surface area contributed by atoms with E-state index in [0.717, 1.165) is 18.2 Å². The van der Waals surface area contributed by atoms with Crippen molar-refractivity contribution in [2.75, 3.05) is 19.7 Å². The van der Waals surface area contributed by atoms with Crippen LogP contribution in [-0.4, -0.2) is 54.4 Å². The highest BCUT2D eigenvalue weighted by molar-refractivity contribution is 6.32. The number of ether oxygens (including phenoxy) is 2. The van der Waals surface area contributed by atoms with Gasteiger partial charge in [-0.15, -0.1) is 0 Å². The molecular weight excluding hydrogens is 444 g/mol. The first-order chi connectivity index (χ1) is 14.6. The molecule has 6 nitrogen and oxygen atoms in total. The normalized spacial score (nSPS) is 27.5. The predicted molar refractivity (Wildman–Crippen MR) is 101 cm³/mol. The molecule has 1 aliphatic carbocycles. The Hall–Kier alpha value is -2.23.